The van der Waals surface area contributed by atoms with Crippen molar-refractivity contribution in [3.8, 4) is 0 Å². The average molecular weight is 192 g/mol. The first-order valence-corrected chi connectivity index (χ1v) is 4.69. The first-order valence-electron chi connectivity index (χ1n) is 4.69. The van der Waals surface area contributed by atoms with Gasteiger partial charge in [-0.15, -0.1) is 0 Å². The zero-order valence-corrected chi connectivity index (χ0v) is 7.68. The van der Waals surface area contributed by atoms with Crippen LogP contribution in [-0.2, 0) is 11.2 Å². The Bertz CT molecular complexity index is 359. The molecule has 2 rings (SSSR count). The van der Waals surface area contributed by atoms with E-state index in [2.05, 4.69) is 0 Å². The lowest BCUT2D eigenvalue weighted by atomic mass is 9.95. The van der Waals surface area contributed by atoms with E-state index >= 15 is 0 Å². The number of aliphatic hydroxyl groups is 1. The molecule has 1 aliphatic rings. The highest BCUT2D eigenvalue weighted by Gasteiger charge is 2.32. The van der Waals surface area contributed by atoms with E-state index in [9.17, 15) is 9.90 Å². The van der Waals surface area contributed by atoms with Gasteiger partial charge >= 0.3 is 5.97 Å². The van der Waals surface area contributed by atoms with E-state index in [1.165, 1.54) is 0 Å². The number of aliphatic carboxylic acids is 1. The van der Waals surface area contributed by atoms with Crippen LogP contribution in [0.4, 0.5) is 0 Å². The monoisotopic (exact) mass is 192 g/mol. The number of carboxylic acids is 1. The Morgan fingerprint density at radius 2 is 2.14 bits per heavy atom. The van der Waals surface area contributed by atoms with Crippen molar-refractivity contribution in [2.45, 2.75) is 24.9 Å². The minimum Gasteiger partial charge on any atom is -0.479 e. The Kier molecular flexibility index (Phi) is 2.25. The van der Waals surface area contributed by atoms with Crippen molar-refractivity contribution in [1.29, 1.82) is 0 Å². The van der Waals surface area contributed by atoms with Crippen LogP contribution in [0.2, 0.25) is 0 Å². The number of aryl methyl sites for hydroxylation is 1. The Hall–Kier alpha value is -1.35. The Balaban J connectivity index is 2.30. The molecule has 0 radical (unpaired) electrons. The van der Waals surface area contributed by atoms with Gasteiger partial charge in [-0.2, -0.15) is 0 Å². The summed E-state index contributed by atoms with van der Waals surface area (Å²) in [5, 5.41) is 18.2. The fourth-order valence-electron chi connectivity index (χ4n) is 2.09. The van der Waals surface area contributed by atoms with E-state index in [1.807, 2.05) is 24.3 Å². The predicted octanol–water partition coefficient (Wildman–Crippen LogP) is 1.16. The first kappa shape index (κ1) is 9.21. The van der Waals surface area contributed by atoms with E-state index in [0.29, 0.717) is 0 Å². The number of carboxylic acid groups (broad SMARTS) is 1. The van der Waals surface area contributed by atoms with Crippen LogP contribution in [0.25, 0.3) is 0 Å². The molecule has 1 aromatic rings. The van der Waals surface area contributed by atoms with Gasteiger partial charge in [0.25, 0.3) is 0 Å². The molecular weight excluding hydrogens is 180 g/mol. The lowest BCUT2D eigenvalue weighted by Crippen LogP contribution is -2.26. The zero-order chi connectivity index (χ0) is 10.1. The van der Waals surface area contributed by atoms with Crippen molar-refractivity contribution in [3.63, 3.8) is 0 Å². The summed E-state index contributed by atoms with van der Waals surface area (Å²) in [5.41, 5.74) is 2.15. The van der Waals surface area contributed by atoms with Crippen LogP contribution in [-0.4, -0.2) is 22.3 Å². The van der Waals surface area contributed by atoms with Crippen LogP contribution in [0.15, 0.2) is 24.3 Å². The third-order valence-corrected chi connectivity index (χ3v) is 2.81. The Labute approximate surface area is 82.0 Å². The number of hydrogen-bond acceptors (Lipinski definition) is 2. The van der Waals surface area contributed by atoms with Crippen molar-refractivity contribution in [1.82, 2.24) is 0 Å². The van der Waals surface area contributed by atoms with E-state index in [1.54, 1.807) is 0 Å². The molecule has 74 valence electrons. The molecule has 0 fully saturated rings. The largest absolute Gasteiger partial charge is 0.479 e. The topological polar surface area (TPSA) is 57.5 Å². The normalized spacial score (nSPS) is 21.6. The van der Waals surface area contributed by atoms with Gasteiger partial charge in [-0.05, 0) is 24.0 Å². The Morgan fingerprint density at radius 1 is 1.43 bits per heavy atom. The second-order valence-corrected chi connectivity index (χ2v) is 3.63. The number of hydrogen-bond donors (Lipinski definition) is 2. The van der Waals surface area contributed by atoms with Crippen molar-refractivity contribution in [2.24, 2.45) is 0 Å². The maximum Gasteiger partial charge on any atom is 0.333 e. The highest BCUT2D eigenvalue weighted by Crippen LogP contribution is 2.35. The highest BCUT2D eigenvalue weighted by atomic mass is 16.4. The van der Waals surface area contributed by atoms with Gasteiger partial charge in [0.15, 0.2) is 6.10 Å². The fraction of sp³-hybridized carbons (Fsp3) is 0.364. The molecule has 0 saturated heterocycles. The van der Waals surface area contributed by atoms with Crippen LogP contribution in [0.3, 0.4) is 0 Å². The molecule has 3 nitrogen and oxygen atoms in total. The molecule has 2 unspecified atom stereocenters. The molecule has 0 saturated carbocycles. The summed E-state index contributed by atoms with van der Waals surface area (Å²) in [6.07, 6.45) is 0.330. The van der Waals surface area contributed by atoms with Gasteiger partial charge in [-0.25, -0.2) is 4.79 Å². The third kappa shape index (κ3) is 1.40. The molecule has 2 atom stereocenters. The first-order chi connectivity index (χ1) is 6.70. The van der Waals surface area contributed by atoms with E-state index in [4.69, 9.17) is 5.11 Å². The maximum absolute atomic E-state index is 10.6. The summed E-state index contributed by atoms with van der Waals surface area (Å²) in [7, 11) is 0. The lowest BCUT2D eigenvalue weighted by Gasteiger charge is -2.14. The average Bonchev–Trinajstić information content (AvgIpc) is 2.60. The minimum absolute atomic E-state index is 0.233. The number of aliphatic hydroxyl groups excluding tert-OH is 1. The molecule has 0 amide bonds. The summed E-state index contributed by atoms with van der Waals surface area (Å²) < 4.78 is 0. The third-order valence-electron chi connectivity index (χ3n) is 2.81. The van der Waals surface area contributed by atoms with Crippen molar-refractivity contribution >= 4 is 5.97 Å². The summed E-state index contributed by atoms with van der Waals surface area (Å²) in [6, 6.07) is 7.71. The highest BCUT2D eigenvalue weighted by molar-refractivity contribution is 5.73. The molecule has 14 heavy (non-hydrogen) atoms. The standard InChI is InChI=1S/C11H12O3/c12-10(11(13)14)9-6-5-7-3-1-2-4-8(7)9/h1-4,9-10,12H,5-6H2,(H,13,14). The zero-order valence-electron chi connectivity index (χ0n) is 7.68. The molecule has 2 N–H and O–H groups in total. The van der Waals surface area contributed by atoms with Gasteiger partial charge in [0, 0.05) is 5.92 Å². The number of carbonyl (C=O) groups is 1. The van der Waals surface area contributed by atoms with Crippen LogP contribution >= 0.6 is 0 Å². The van der Waals surface area contributed by atoms with Crippen molar-refractivity contribution in [3.05, 3.63) is 35.4 Å². The summed E-state index contributed by atoms with van der Waals surface area (Å²) >= 11 is 0. The molecular formula is C11H12O3. The van der Waals surface area contributed by atoms with Crippen LogP contribution < -0.4 is 0 Å². The van der Waals surface area contributed by atoms with Crippen LogP contribution in [0.1, 0.15) is 23.5 Å². The molecule has 0 spiro atoms. The summed E-state index contributed by atoms with van der Waals surface area (Å²) in [5.74, 6) is -1.37. The molecule has 1 aromatic carbocycles. The molecule has 0 aromatic heterocycles. The van der Waals surface area contributed by atoms with Gasteiger partial charge in [-0.3, -0.25) is 0 Å². The Morgan fingerprint density at radius 3 is 2.86 bits per heavy atom. The van der Waals surface area contributed by atoms with Crippen molar-refractivity contribution < 1.29 is 15.0 Å². The van der Waals surface area contributed by atoms with Crippen LogP contribution in [0.5, 0.6) is 0 Å². The molecule has 0 aliphatic heterocycles. The van der Waals surface area contributed by atoms with Gasteiger partial charge < -0.3 is 10.2 Å². The van der Waals surface area contributed by atoms with Gasteiger partial charge in [0.1, 0.15) is 0 Å². The number of fused-ring (bicyclic) bond motifs is 1. The quantitative estimate of drug-likeness (QED) is 0.739. The van der Waals surface area contributed by atoms with Crippen molar-refractivity contribution in [2.75, 3.05) is 0 Å². The molecule has 3 heteroatoms. The fourth-order valence-corrected chi connectivity index (χ4v) is 2.09. The number of benzene rings is 1. The van der Waals surface area contributed by atoms with E-state index in [0.717, 1.165) is 24.0 Å². The molecule has 0 heterocycles. The van der Waals surface area contributed by atoms with Gasteiger partial charge in [0.2, 0.25) is 0 Å². The van der Waals surface area contributed by atoms with Gasteiger partial charge in [-0.1, -0.05) is 24.3 Å². The molecule has 0 bridgehead atoms. The maximum atomic E-state index is 10.6. The van der Waals surface area contributed by atoms with Crippen LogP contribution in [0, 0.1) is 0 Å². The SMILES string of the molecule is O=C(O)C(O)C1CCc2ccccc21. The lowest BCUT2D eigenvalue weighted by molar-refractivity contribution is -0.147. The second-order valence-electron chi connectivity index (χ2n) is 3.63. The summed E-state index contributed by atoms with van der Waals surface area (Å²) in [4.78, 5) is 10.6. The summed E-state index contributed by atoms with van der Waals surface area (Å²) in [6.45, 7) is 0. The minimum atomic E-state index is -1.27. The van der Waals surface area contributed by atoms with E-state index in [-0.39, 0.29) is 5.92 Å². The number of rotatable bonds is 2. The molecule has 1 aliphatic carbocycles. The predicted molar refractivity (Wildman–Crippen MR) is 51.1 cm³/mol. The second kappa shape index (κ2) is 3.42. The smallest absolute Gasteiger partial charge is 0.333 e. The van der Waals surface area contributed by atoms with E-state index < -0.39 is 12.1 Å². The van der Waals surface area contributed by atoms with Gasteiger partial charge in [0.05, 0.1) is 0 Å².